The molecule has 1 aliphatic rings. The average molecular weight is 527 g/mol. The van der Waals surface area contributed by atoms with Crippen molar-refractivity contribution in [1.29, 1.82) is 0 Å². The minimum atomic E-state index is -0.864. The number of aromatic nitrogens is 2. The first-order valence-electron chi connectivity index (χ1n) is 11.4. The zero-order valence-electron chi connectivity index (χ0n) is 19.1. The Morgan fingerprint density at radius 3 is 2.75 bits per heavy atom. The number of nitrogens with one attached hydrogen (secondary N) is 1. The Hall–Kier alpha value is -3.26. The normalized spacial score (nSPS) is 13.9. The number of halogens is 4. The predicted octanol–water partition coefficient (Wildman–Crippen LogP) is 6.45. The number of carbonyl (C=O) groups excluding carboxylic acids is 1. The average Bonchev–Trinajstić information content (AvgIpc) is 3.17. The summed E-state index contributed by atoms with van der Waals surface area (Å²) in [6, 6.07) is 12.7. The minimum absolute atomic E-state index is 0.233. The van der Waals surface area contributed by atoms with E-state index >= 15 is 0 Å². The van der Waals surface area contributed by atoms with Crippen LogP contribution in [0.15, 0.2) is 60.8 Å². The molecule has 2 aromatic carbocycles. The summed E-state index contributed by atoms with van der Waals surface area (Å²) in [5, 5.41) is 4.88. The number of hydrogen-bond acceptors (Lipinski definition) is 3. The molecule has 9 heteroatoms. The standard InChI is InChI=1S/C27H22Cl2F2N4O/c28-19-4-5-20-21-16-34(10-1-2-17-3-6-22(30)23(31)12-17)11-8-24(21)35(25(20)14-19)27(36)33-15-18-7-9-32-26(29)13-18/h1-7,9,12-14H,8,10-11,15-16H2,(H,33,36)/b2-1+. The first kappa shape index (κ1) is 24.4. The maximum atomic E-state index is 13.5. The van der Waals surface area contributed by atoms with E-state index in [1.165, 1.54) is 6.07 Å². The zero-order chi connectivity index (χ0) is 25.2. The van der Waals surface area contributed by atoms with Gasteiger partial charge in [0.1, 0.15) is 5.15 Å². The summed E-state index contributed by atoms with van der Waals surface area (Å²) in [4.78, 5) is 19.5. The van der Waals surface area contributed by atoms with Gasteiger partial charge in [-0.1, -0.05) is 47.5 Å². The predicted molar refractivity (Wildman–Crippen MR) is 138 cm³/mol. The molecular formula is C27H22Cl2F2N4O. The van der Waals surface area contributed by atoms with Gasteiger partial charge in [-0.05, 0) is 53.1 Å². The molecule has 0 spiro atoms. The summed E-state index contributed by atoms with van der Waals surface area (Å²) in [5.41, 5.74) is 4.25. The zero-order valence-corrected chi connectivity index (χ0v) is 20.7. The number of hydrogen-bond donors (Lipinski definition) is 1. The highest BCUT2D eigenvalue weighted by atomic mass is 35.5. The monoisotopic (exact) mass is 526 g/mol. The number of rotatable bonds is 5. The summed E-state index contributed by atoms with van der Waals surface area (Å²) in [6.45, 7) is 2.34. The quantitative estimate of drug-likeness (QED) is 0.304. The highest BCUT2D eigenvalue weighted by Crippen LogP contribution is 2.32. The van der Waals surface area contributed by atoms with Gasteiger partial charge in [0.15, 0.2) is 11.6 Å². The van der Waals surface area contributed by atoms with E-state index in [1.54, 1.807) is 35.0 Å². The fourth-order valence-electron chi connectivity index (χ4n) is 4.54. The molecule has 0 radical (unpaired) electrons. The third-order valence-corrected chi connectivity index (χ3v) is 6.69. The lowest BCUT2D eigenvalue weighted by Gasteiger charge is -2.27. The van der Waals surface area contributed by atoms with Gasteiger partial charge in [-0.2, -0.15) is 0 Å². The molecule has 0 unspecified atom stereocenters. The summed E-state index contributed by atoms with van der Waals surface area (Å²) >= 11 is 12.3. The Kier molecular flexibility index (Phi) is 7.05. The minimum Gasteiger partial charge on any atom is -0.333 e. The Morgan fingerprint density at radius 2 is 1.94 bits per heavy atom. The lowest BCUT2D eigenvalue weighted by Crippen LogP contribution is -2.34. The van der Waals surface area contributed by atoms with Crippen LogP contribution in [0.5, 0.6) is 0 Å². The van der Waals surface area contributed by atoms with Crippen LogP contribution in [0, 0.1) is 11.6 Å². The first-order valence-corrected chi connectivity index (χ1v) is 12.2. The van der Waals surface area contributed by atoms with Crippen molar-refractivity contribution in [2.75, 3.05) is 13.1 Å². The van der Waals surface area contributed by atoms with Gasteiger partial charge in [-0.3, -0.25) is 9.47 Å². The number of carbonyl (C=O) groups is 1. The van der Waals surface area contributed by atoms with Gasteiger partial charge in [-0.25, -0.2) is 18.6 Å². The molecule has 1 aliphatic heterocycles. The van der Waals surface area contributed by atoms with E-state index < -0.39 is 11.6 Å². The van der Waals surface area contributed by atoms with E-state index in [9.17, 15) is 13.6 Å². The molecular weight excluding hydrogens is 505 g/mol. The summed E-state index contributed by atoms with van der Waals surface area (Å²) in [6.07, 6.45) is 5.99. The molecule has 36 heavy (non-hydrogen) atoms. The number of amides is 1. The molecule has 0 fully saturated rings. The Labute approximate surface area is 216 Å². The van der Waals surface area contributed by atoms with E-state index in [0.717, 1.165) is 40.3 Å². The number of pyridine rings is 1. The fourth-order valence-corrected chi connectivity index (χ4v) is 4.90. The van der Waals surface area contributed by atoms with Crippen molar-refractivity contribution in [2.24, 2.45) is 0 Å². The van der Waals surface area contributed by atoms with Gasteiger partial charge in [0.05, 0.1) is 5.52 Å². The second kappa shape index (κ2) is 10.4. The van der Waals surface area contributed by atoms with Crippen LogP contribution in [-0.4, -0.2) is 33.6 Å². The van der Waals surface area contributed by atoms with Crippen molar-refractivity contribution in [3.8, 4) is 0 Å². The van der Waals surface area contributed by atoms with Crippen molar-refractivity contribution < 1.29 is 13.6 Å². The molecule has 0 saturated carbocycles. The molecule has 4 aromatic rings. The molecule has 1 N–H and O–H groups in total. The molecule has 5 rings (SSSR count). The van der Waals surface area contributed by atoms with Crippen LogP contribution >= 0.6 is 23.2 Å². The van der Waals surface area contributed by atoms with Crippen molar-refractivity contribution in [1.82, 2.24) is 19.8 Å². The van der Waals surface area contributed by atoms with E-state index in [0.29, 0.717) is 41.8 Å². The molecule has 0 atom stereocenters. The van der Waals surface area contributed by atoms with Crippen LogP contribution in [0.3, 0.4) is 0 Å². The van der Waals surface area contributed by atoms with Crippen LogP contribution in [-0.2, 0) is 19.5 Å². The second-order valence-electron chi connectivity index (χ2n) is 8.63. The maximum Gasteiger partial charge on any atom is 0.326 e. The van der Waals surface area contributed by atoms with Crippen LogP contribution in [0.25, 0.3) is 17.0 Å². The Bertz CT molecular complexity index is 1480. The number of benzene rings is 2. The highest BCUT2D eigenvalue weighted by Gasteiger charge is 2.26. The van der Waals surface area contributed by atoms with E-state index in [1.807, 2.05) is 24.3 Å². The Balaban J connectivity index is 1.36. The lowest BCUT2D eigenvalue weighted by molar-refractivity contribution is 0.240. The lowest BCUT2D eigenvalue weighted by atomic mass is 10.0. The second-order valence-corrected chi connectivity index (χ2v) is 9.45. The molecule has 0 saturated heterocycles. The summed E-state index contributed by atoms with van der Waals surface area (Å²) in [7, 11) is 0. The van der Waals surface area contributed by atoms with Gasteiger partial charge in [0, 0.05) is 54.9 Å². The number of fused-ring (bicyclic) bond motifs is 3. The van der Waals surface area contributed by atoms with Crippen LogP contribution in [0.1, 0.15) is 22.4 Å². The van der Waals surface area contributed by atoms with Gasteiger partial charge in [0.25, 0.3) is 0 Å². The first-order chi connectivity index (χ1) is 17.4. The van der Waals surface area contributed by atoms with Gasteiger partial charge in [-0.15, -0.1) is 0 Å². The van der Waals surface area contributed by atoms with Crippen molar-refractivity contribution in [3.05, 3.63) is 105 Å². The van der Waals surface area contributed by atoms with Crippen molar-refractivity contribution >= 4 is 46.2 Å². The topological polar surface area (TPSA) is 50.2 Å². The van der Waals surface area contributed by atoms with E-state index in [2.05, 4.69) is 15.2 Å². The largest absolute Gasteiger partial charge is 0.333 e. The van der Waals surface area contributed by atoms with Crippen LogP contribution in [0.4, 0.5) is 13.6 Å². The molecule has 0 bridgehead atoms. The van der Waals surface area contributed by atoms with Gasteiger partial charge >= 0.3 is 6.03 Å². The summed E-state index contributed by atoms with van der Waals surface area (Å²) in [5.74, 6) is -1.72. The maximum absolute atomic E-state index is 13.5. The SMILES string of the molecule is O=C(NCc1ccnc(Cl)c1)n1c2c(c3ccc(Cl)cc31)CN(C/C=C/c1ccc(F)c(F)c1)CC2. The fraction of sp³-hybridized carbons (Fsp3) is 0.185. The van der Waals surface area contributed by atoms with Crippen molar-refractivity contribution in [3.63, 3.8) is 0 Å². The van der Waals surface area contributed by atoms with Crippen molar-refractivity contribution in [2.45, 2.75) is 19.5 Å². The molecule has 1 amide bonds. The number of nitrogens with zero attached hydrogens (tertiary/aromatic N) is 3. The van der Waals surface area contributed by atoms with E-state index in [-0.39, 0.29) is 6.03 Å². The molecule has 2 aromatic heterocycles. The van der Waals surface area contributed by atoms with Crippen LogP contribution < -0.4 is 5.32 Å². The third-order valence-electron chi connectivity index (χ3n) is 6.25. The highest BCUT2D eigenvalue weighted by molar-refractivity contribution is 6.31. The molecule has 0 aliphatic carbocycles. The van der Waals surface area contributed by atoms with Gasteiger partial charge < -0.3 is 5.32 Å². The van der Waals surface area contributed by atoms with Crippen LogP contribution in [0.2, 0.25) is 10.2 Å². The summed E-state index contributed by atoms with van der Waals surface area (Å²) < 4.78 is 28.3. The van der Waals surface area contributed by atoms with Gasteiger partial charge in [0.2, 0.25) is 0 Å². The smallest absolute Gasteiger partial charge is 0.326 e. The molecule has 184 valence electrons. The molecule has 3 heterocycles. The Morgan fingerprint density at radius 1 is 1.08 bits per heavy atom. The third kappa shape index (κ3) is 5.14. The van der Waals surface area contributed by atoms with E-state index in [4.69, 9.17) is 23.2 Å². The molecule has 5 nitrogen and oxygen atoms in total.